The topological polar surface area (TPSA) is 41.5 Å². The number of phenols is 1. The normalized spacial score (nSPS) is 19.2. The summed E-state index contributed by atoms with van der Waals surface area (Å²) in [5.74, 6) is 0.289. The summed E-state index contributed by atoms with van der Waals surface area (Å²) in [5.41, 5.74) is 0.928. The highest BCUT2D eigenvalue weighted by Crippen LogP contribution is 2.24. The largest absolute Gasteiger partial charge is 0.508 e. The van der Waals surface area contributed by atoms with Gasteiger partial charge in [0.15, 0.2) is 0 Å². The van der Waals surface area contributed by atoms with Crippen LogP contribution in [0.4, 0.5) is 0 Å². The van der Waals surface area contributed by atoms with E-state index in [9.17, 15) is 5.11 Å². The van der Waals surface area contributed by atoms with Crippen LogP contribution in [0.5, 0.6) is 5.75 Å². The van der Waals surface area contributed by atoms with Crippen LogP contribution in [0.3, 0.4) is 0 Å². The molecule has 1 heterocycles. The van der Waals surface area contributed by atoms with Crippen LogP contribution in [0.1, 0.15) is 25.3 Å². The zero-order valence-corrected chi connectivity index (χ0v) is 10.8. The van der Waals surface area contributed by atoms with Crippen LogP contribution in [0, 0.1) is 0 Å². The Morgan fingerprint density at radius 1 is 1.41 bits per heavy atom. The van der Waals surface area contributed by atoms with Gasteiger partial charge in [0.25, 0.3) is 0 Å². The maximum atomic E-state index is 9.73. The molecular weight excluding hydrogens is 238 g/mol. The molecule has 1 saturated heterocycles. The Bertz CT molecular complexity index is 389. The number of hydrogen-bond donors (Lipinski definition) is 2. The van der Waals surface area contributed by atoms with Gasteiger partial charge in [-0.05, 0) is 38.0 Å². The molecule has 1 aliphatic rings. The number of ether oxygens (including phenoxy) is 1. The first-order valence-corrected chi connectivity index (χ1v) is 6.27. The van der Waals surface area contributed by atoms with Crippen LogP contribution in [0.15, 0.2) is 18.2 Å². The number of nitrogens with one attached hydrogen (secondary N) is 1. The van der Waals surface area contributed by atoms with Gasteiger partial charge in [-0.1, -0.05) is 11.6 Å². The molecule has 3 nitrogen and oxygen atoms in total. The molecule has 2 rings (SSSR count). The van der Waals surface area contributed by atoms with E-state index in [4.69, 9.17) is 16.3 Å². The summed E-state index contributed by atoms with van der Waals surface area (Å²) < 4.78 is 5.35. The fourth-order valence-corrected chi connectivity index (χ4v) is 2.20. The Kier molecular flexibility index (Phi) is 3.92. The predicted octanol–water partition coefficient (Wildman–Crippen LogP) is 2.70. The average Bonchev–Trinajstić information content (AvgIpc) is 2.31. The Labute approximate surface area is 107 Å². The van der Waals surface area contributed by atoms with Crippen LogP contribution in [-0.2, 0) is 11.3 Å². The summed E-state index contributed by atoms with van der Waals surface area (Å²) in [5, 5.41) is 13.9. The summed E-state index contributed by atoms with van der Waals surface area (Å²) >= 11 is 5.91. The van der Waals surface area contributed by atoms with Crippen LogP contribution >= 0.6 is 11.6 Å². The van der Waals surface area contributed by atoms with Crippen molar-refractivity contribution in [2.75, 3.05) is 13.2 Å². The molecule has 1 aliphatic heterocycles. The zero-order valence-electron chi connectivity index (χ0n) is 10.0. The highest BCUT2D eigenvalue weighted by molar-refractivity contribution is 6.30. The van der Waals surface area contributed by atoms with Crippen LogP contribution in [0.25, 0.3) is 0 Å². The highest BCUT2D eigenvalue weighted by atomic mass is 35.5. The molecule has 0 saturated carbocycles. The van der Waals surface area contributed by atoms with Crippen molar-refractivity contribution < 1.29 is 9.84 Å². The number of rotatable bonds is 3. The van der Waals surface area contributed by atoms with Crippen molar-refractivity contribution in [1.82, 2.24) is 5.32 Å². The van der Waals surface area contributed by atoms with E-state index in [1.165, 1.54) is 0 Å². The number of hydrogen-bond acceptors (Lipinski definition) is 3. The summed E-state index contributed by atoms with van der Waals surface area (Å²) in [6, 6.07) is 5.12. The third-order valence-corrected chi connectivity index (χ3v) is 3.58. The highest BCUT2D eigenvalue weighted by Gasteiger charge is 2.26. The van der Waals surface area contributed by atoms with E-state index in [1.807, 2.05) is 0 Å². The molecule has 0 amide bonds. The van der Waals surface area contributed by atoms with Gasteiger partial charge in [-0.3, -0.25) is 0 Å². The molecule has 4 heteroatoms. The van der Waals surface area contributed by atoms with Crippen LogP contribution in [0.2, 0.25) is 5.02 Å². The lowest BCUT2D eigenvalue weighted by Crippen LogP contribution is -2.46. The van der Waals surface area contributed by atoms with Crippen molar-refractivity contribution >= 4 is 11.6 Å². The van der Waals surface area contributed by atoms with Gasteiger partial charge >= 0.3 is 0 Å². The first-order chi connectivity index (χ1) is 8.09. The maximum absolute atomic E-state index is 9.73. The Hall–Kier alpha value is -0.770. The monoisotopic (exact) mass is 255 g/mol. The molecule has 0 atom stereocenters. The molecule has 0 aliphatic carbocycles. The number of phenolic OH excluding ortho intramolecular Hbond substituents is 1. The maximum Gasteiger partial charge on any atom is 0.120 e. The molecular formula is C13H18ClNO2. The average molecular weight is 256 g/mol. The first-order valence-electron chi connectivity index (χ1n) is 5.89. The van der Waals surface area contributed by atoms with Gasteiger partial charge in [0, 0.05) is 35.9 Å². The van der Waals surface area contributed by atoms with Crippen LogP contribution in [-0.4, -0.2) is 23.9 Å². The Balaban J connectivity index is 1.99. The van der Waals surface area contributed by atoms with E-state index in [0.717, 1.165) is 31.6 Å². The van der Waals surface area contributed by atoms with Gasteiger partial charge in [-0.25, -0.2) is 0 Å². The molecule has 17 heavy (non-hydrogen) atoms. The van der Waals surface area contributed by atoms with Gasteiger partial charge in [0.2, 0.25) is 0 Å². The minimum Gasteiger partial charge on any atom is -0.508 e. The van der Waals surface area contributed by atoms with Crippen molar-refractivity contribution in [3.63, 3.8) is 0 Å². The Morgan fingerprint density at radius 3 is 2.82 bits per heavy atom. The summed E-state index contributed by atoms with van der Waals surface area (Å²) in [6.45, 7) is 4.41. The minimum atomic E-state index is 0.0903. The molecule has 1 fully saturated rings. The van der Waals surface area contributed by atoms with Gasteiger partial charge in [-0.15, -0.1) is 0 Å². The smallest absolute Gasteiger partial charge is 0.120 e. The fourth-order valence-electron chi connectivity index (χ4n) is 2.00. The van der Waals surface area contributed by atoms with Gasteiger partial charge in [0.1, 0.15) is 5.75 Å². The molecule has 0 aromatic heterocycles. The van der Waals surface area contributed by atoms with Gasteiger partial charge < -0.3 is 15.2 Å². The minimum absolute atomic E-state index is 0.0903. The second-order valence-electron chi connectivity index (χ2n) is 4.80. The third kappa shape index (κ3) is 3.35. The lowest BCUT2D eigenvalue weighted by atomic mass is 9.92. The van der Waals surface area contributed by atoms with Crippen molar-refractivity contribution in [3.8, 4) is 5.75 Å². The molecule has 1 aromatic carbocycles. The molecule has 0 bridgehead atoms. The van der Waals surface area contributed by atoms with Crippen molar-refractivity contribution in [3.05, 3.63) is 28.8 Å². The van der Waals surface area contributed by atoms with E-state index in [1.54, 1.807) is 18.2 Å². The van der Waals surface area contributed by atoms with Crippen molar-refractivity contribution in [2.45, 2.75) is 31.8 Å². The van der Waals surface area contributed by atoms with E-state index < -0.39 is 0 Å². The van der Waals surface area contributed by atoms with Crippen molar-refractivity contribution in [1.29, 1.82) is 0 Å². The summed E-state index contributed by atoms with van der Waals surface area (Å²) in [4.78, 5) is 0. The van der Waals surface area contributed by atoms with Crippen molar-refractivity contribution in [2.24, 2.45) is 0 Å². The molecule has 0 spiro atoms. The number of halogens is 1. The van der Waals surface area contributed by atoms with E-state index in [-0.39, 0.29) is 11.3 Å². The molecule has 1 aromatic rings. The SMILES string of the molecule is CC1(NCc2cc(Cl)ccc2O)CCOCC1. The summed E-state index contributed by atoms with van der Waals surface area (Å²) in [6.07, 6.45) is 1.99. The molecule has 0 unspecified atom stereocenters. The molecule has 0 radical (unpaired) electrons. The zero-order chi connectivity index (χ0) is 12.3. The lowest BCUT2D eigenvalue weighted by molar-refractivity contribution is 0.0445. The second-order valence-corrected chi connectivity index (χ2v) is 5.24. The van der Waals surface area contributed by atoms with Gasteiger partial charge in [0.05, 0.1) is 0 Å². The fraction of sp³-hybridized carbons (Fsp3) is 0.538. The second kappa shape index (κ2) is 5.25. The van der Waals surface area contributed by atoms with E-state index in [2.05, 4.69) is 12.2 Å². The van der Waals surface area contributed by atoms with Crippen LogP contribution < -0.4 is 5.32 Å². The van der Waals surface area contributed by atoms with Gasteiger partial charge in [-0.2, -0.15) is 0 Å². The van der Waals surface area contributed by atoms with E-state index in [0.29, 0.717) is 11.6 Å². The summed E-state index contributed by atoms with van der Waals surface area (Å²) in [7, 11) is 0. The van der Waals surface area contributed by atoms with E-state index >= 15 is 0 Å². The number of aromatic hydroxyl groups is 1. The Morgan fingerprint density at radius 2 is 2.12 bits per heavy atom. The molecule has 2 N–H and O–H groups in total. The predicted molar refractivity (Wildman–Crippen MR) is 68.4 cm³/mol. The standard InChI is InChI=1S/C13H18ClNO2/c1-13(4-6-17-7-5-13)15-9-10-8-11(14)2-3-12(10)16/h2-3,8,15-16H,4-7,9H2,1H3. The first kappa shape index (κ1) is 12.7. The lowest BCUT2D eigenvalue weighted by Gasteiger charge is -2.34. The quantitative estimate of drug-likeness (QED) is 0.873. The molecule has 94 valence electrons. The third-order valence-electron chi connectivity index (χ3n) is 3.34. The number of benzene rings is 1.